The minimum Gasteiger partial charge on any atom is -0.341 e. The molecular formula is C25H28N4O. The predicted molar refractivity (Wildman–Crippen MR) is 119 cm³/mol. The largest absolute Gasteiger partial charge is 0.341 e. The van der Waals surface area contributed by atoms with E-state index in [1.54, 1.807) is 6.20 Å². The van der Waals surface area contributed by atoms with Crippen LogP contribution >= 0.6 is 0 Å². The van der Waals surface area contributed by atoms with Gasteiger partial charge in [-0.1, -0.05) is 36.4 Å². The molecule has 0 bridgehead atoms. The predicted octanol–water partition coefficient (Wildman–Crippen LogP) is 3.67. The lowest BCUT2D eigenvalue weighted by atomic mass is 9.91. The van der Waals surface area contributed by atoms with Crippen LogP contribution in [0, 0.1) is 5.92 Å². The molecular weight excluding hydrogens is 372 g/mol. The van der Waals surface area contributed by atoms with Crippen molar-refractivity contribution in [2.75, 3.05) is 26.2 Å². The van der Waals surface area contributed by atoms with Crippen molar-refractivity contribution in [3.63, 3.8) is 0 Å². The van der Waals surface area contributed by atoms with Crippen LogP contribution in [0.4, 0.5) is 0 Å². The number of carbonyl (C=O) groups excluding carboxylic acids is 1. The SMILES string of the molecule is CCN1CCN(Cc2ccccn2)CC(Cc2ccccc2-c2cccnc2)C1=O. The van der Waals surface area contributed by atoms with Crippen molar-refractivity contribution in [1.82, 2.24) is 19.8 Å². The van der Waals surface area contributed by atoms with Gasteiger partial charge in [0.15, 0.2) is 0 Å². The molecule has 1 aliphatic rings. The number of aromatic nitrogens is 2. The third kappa shape index (κ3) is 4.74. The van der Waals surface area contributed by atoms with Crippen LogP contribution in [0.25, 0.3) is 11.1 Å². The van der Waals surface area contributed by atoms with Gasteiger partial charge in [-0.15, -0.1) is 0 Å². The van der Waals surface area contributed by atoms with Gasteiger partial charge in [0.05, 0.1) is 11.6 Å². The summed E-state index contributed by atoms with van der Waals surface area (Å²) in [6, 6.07) is 18.4. The molecule has 1 saturated heterocycles. The van der Waals surface area contributed by atoms with E-state index in [0.29, 0.717) is 0 Å². The zero-order chi connectivity index (χ0) is 20.8. The van der Waals surface area contributed by atoms with Crippen molar-refractivity contribution in [3.8, 4) is 11.1 Å². The van der Waals surface area contributed by atoms with Gasteiger partial charge in [0.2, 0.25) is 5.91 Å². The van der Waals surface area contributed by atoms with Gasteiger partial charge in [-0.3, -0.25) is 19.7 Å². The highest BCUT2D eigenvalue weighted by molar-refractivity contribution is 5.80. The Bertz CT molecular complexity index is 961. The molecule has 3 heterocycles. The lowest BCUT2D eigenvalue weighted by Crippen LogP contribution is -2.37. The molecule has 30 heavy (non-hydrogen) atoms. The van der Waals surface area contributed by atoms with Crippen LogP contribution in [0.15, 0.2) is 73.2 Å². The van der Waals surface area contributed by atoms with Gasteiger partial charge in [0, 0.05) is 56.9 Å². The number of carbonyl (C=O) groups is 1. The van der Waals surface area contributed by atoms with Gasteiger partial charge >= 0.3 is 0 Å². The Hall–Kier alpha value is -3.05. The molecule has 3 aromatic rings. The van der Waals surface area contributed by atoms with Crippen molar-refractivity contribution < 1.29 is 4.79 Å². The maximum absolute atomic E-state index is 13.3. The molecule has 0 saturated carbocycles. The standard InChI is InChI=1S/C25H28N4O/c1-2-29-15-14-28(19-23-10-5-6-13-27-23)18-22(25(29)30)16-20-8-3-4-11-24(20)21-9-7-12-26-17-21/h3-13,17,22H,2,14-16,18-19H2,1H3. The van der Waals surface area contributed by atoms with Gasteiger partial charge in [-0.2, -0.15) is 0 Å². The Balaban J connectivity index is 1.59. The van der Waals surface area contributed by atoms with Crippen molar-refractivity contribution >= 4 is 5.91 Å². The van der Waals surface area contributed by atoms with E-state index in [4.69, 9.17) is 0 Å². The Morgan fingerprint density at radius 3 is 2.63 bits per heavy atom. The minimum atomic E-state index is -0.0750. The van der Waals surface area contributed by atoms with Gasteiger partial charge in [-0.05, 0) is 42.7 Å². The normalized spacial score (nSPS) is 17.7. The van der Waals surface area contributed by atoms with Crippen molar-refractivity contribution in [3.05, 3.63) is 84.4 Å². The summed E-state index contributed by atoms with van der Waals surface area (Å²) in [5.74, 6) is 0.177. The van der Waals surface area contributed by atoms with Gasteiger partial charge in [-0.25, -0.2) is 0 Å². The lowest BCUT2D eigenvalue weighted by Gasteiger charge is -2.24. The second-order valence-corrected chi connectivity index (χ2v) is 7.77. The number of likely N-dealkylation sites (N-methyl/N-ethyl adjacent to an activating group) is 1. The monoisotopic (exact) mass is 400 g/mol. The molecule has 2 aromatic heterocycles. The summed E-state index contributed by atoms with van der Waals surface area (Å²) in [7, 11) is 0. The van der Waals surface area contributed by atoms with Crippen LogP contribution in [-0.4, -0.2) is 51.9 Å². The fourth-order valence-corrected chi connectivity index (χ4v) is 4.21. The van der Waals surface area contributed by atoms with Gasteiger partial charge in [0.25, 0.3) is 0 Å². The molecule has 1 fully saturated rings. The van der Waals surface area contributed by atoms with E-state index in [2.05, 4.69) is 52.1 Å². The quantitative estimate of drug-likeness (QED) is 0.634. The third-order valence-electron chi connectivity index (χ3n) is 5.78. The number of amides is 1. The van der Waals surface area contributed by atoms with Crippen LogP contribution in [-0.2, 0) is 17.8 Å². The molecule has 0 aliphatic carbocycles. The molecule has 1 amide bonds. The van der Waals surface area contributed by atoms with Gasteiger partial charge in [0.1, 0.15) is 0 Å². The molecule has 154 valence electrons. The first-order chi connectivity index (χ1) is 14.7. The first-order valence-electron chi connectivity index (χ1n) is 10.6. The van der Waals surface area contributed by atoms with Crippen LogP contribution in [0.5, 0.6) is 0 Å². The summed E-state index contributed by atoms with van der Waals surface area (Å²) < 4.78 is 0. The average molecular weight is 401 g/mol. The first kappa shape index (κ1) is 20.2. The van der Waals surface area contributed by atoms with E-state index in [0.717, 1.165) is 56.0 Å². The topological polar surface area (TPSA) is 49.3 Å². The fourth-order valence-electron chi connectivity index (χ4n) is 4.21. The molecule has 0 spiro atoms. The van der Waals surface area contributed by atoms with Crippen molar-refractivity contribution in [2.24, 2.45) is 5.92 Å². The Morgan fingerprint density at radius 2 is 1.87 bits per heavy atom. The summed E-state index contributed by atoms with van der Waals surface area (Å²) in [5, 5.41) is 0. The zero-order valence-corrected chi connectivity index (χ0v) is 17.4. The molecule has 4 rings (SSSR count). The van der Waals surface area contributed by atoms with E-state index < -0.39 is 0 Å². The maximum atomic E-state index is 13.3. The molecule has 0 N–H and O–H groups in total. The van der Waals surface area contributed by atoms with Crippen molar-refractivity contribution in [1.29, 1.82) is 0 Å². The Kier molecular flexibility index (Phi) is 6.50. The number of hydrogen-bond donors (Lipinski definition) is 0. The van der Waals surface area contributed by atoms with Crippen molar-refractivity contribution in [2.45, 2.75) is 19.9 Å². The summed E-state index contributed by atoms with van der Waals surface area (Å²) in [4.78, 5) is 26.4. The molecule has 5 heteroatoms. The van der Waals surface area contributed by atoms with Crippen LogP contribution in [0.2, 0.25) is 0 Å². The van der Waals surface area contributed by atoms with Gasteiger partial charge < -0.3 is 4.90 Å². The Morgan fingerprint density at radius 1 is 1.00 bits per heavy atom. The average Bonchev–Trinajstić information content (AvgIpc) is 2.94. The summed E-state index contributed by atoms with van der Waals surface area (Å²) >= 11 is 0. The second kappa shape index (κ2) is 9.63. The highest BCUT2D eigenvalue weighted by atomic mass is 16.2. The zero-order valence-electron chi connectivity index (χ0n) is 17.4. The van der Waals surface area contributed by atoms with Crippen LogP contribution in [0.1, 0.15) is 18.2 Å². The van der Waals surface area contributed by atoms with E-state index >= 15 is 0 Å². The maximum Gasteiger partial charge on any atom is 0.227 e. The van der Waals surface area contributed by atoms with E-state index in [1.165, 1.54) is 5.56 Å². The number of rotatable bonds is 6. The number of benzene rings is 1. The molecule has 1 atom stereocenters. The fraction of sp³-hybridized carbons (Fsp3) is 0.320. The van der Waals surface area contributed by atoms with Crippen LogP contribution in [0.3, 0.4) is 0 Å². The molecule has 0 radical (unpaired) electrons. The summed E-state index contributed by atoms with van der Waals surface area (Å²) in [6.07, 6.45) is 6.23. The number of pyridine rings is 2. The Labute approximate surface area is 178 Å². The second-order valence-electron chi connectivity index (χ2n) is 7.77. The van der Waals surface area contributed by atoms with Crippen LogP contribution < -0.4 is 0 Å². The number of nitrogens with zero attached hydrogens (tertiary/aromatic N) is 4. The summed E-state index contributed by atoms with van der Waals surface area (Å²) in [6.45, 7) is 5.96. The molecule has 1 unspecified atom stereocenters. The van der Waals surface area contributed by atoms with E-state index in [9.17, 15) is 4.79 Å². The smallest absolute Gasteiger partial charge is 0.227 e. The molecule has 5 nitrogen and oxygen atoms in total. The molecule has 1 aromatic carbocycles. The highest BCUT2D eigenvalue weighted by Gasteiger charge is 2.30. The summed E-state index contributed by atoms with van der Waals surface area (Å²) in [5.41, 5.74) is 4.48. The first-order valence-corrected chi connectivity index (χ1v) is 10.6. The molecule has 1 aliphatic heterocycles. The van der Waals surface area contributed by atoms with E-state index in [-0.39, 0.29) is 11.8 Å². The number of hydrogen-bond acceptors (Lipinski definition) is 4. The lowest BCUT2D eigenvalue weighted by molar-refractivity contribution is -0.134. The highest BCUT2D eigenvalue weighted by Crippen LogP contribution is 2.27. The minimum absolute atomic E-state index is 0.0750. The third-order valence-corrected chi connectivity index (χ3v) is 5.78. The van der Waals surface area contributed by atoms with E-state index in [1.807, 2.05) is 41.6 Å².